The molecule has 2 rings (SSSR count). The number of ether oxygens (including phenoxy) is 2. The van der Waals surface area contributed by atoms with Crippen LogP contribution in [0.3, 0.4) is 0 Å². The van der Waals surface area contributed by atoms with Gasteiger partial charge in [0.15, 0.2) is 6.61 Å². The summed E-state index contributed by atoms with van der Waals surface area (Å²) in [6, 6.07) is 11.0. The molecule has 0 radical (unpaired) electrons. The van der Waals surface area contributed by atoms with Crippen molar-refractivity contribution in [1.82, 2.24) is 15.5 Å². The van der Waals surface area contributed by atoms with Crippen molar-refractivity contribution in [2.24, 2.45) is 0 Å². The number of alkyl carbamates (subject to hydrolysis) is 1. The molecule has 2 aromatic carbocycles. The minimum atomic E-state index is -1.35. The topological polar surface area (TPSA) is 172 Å². The Kier molecular flexibility index (Phi) is 13.7. The van der Waals surface area contributed by atoms with Crippen LogP contribution < -0.4 is 15.4 Å². The maximum atomic E-state index is 13.7. The number of carboxylic acids is 2. The van der Waals surface area contributed by atoms with Gasteiger partial charge >= 0.3 is 18.0 Å². The number of amides is 3. The predicted octanol–water partition coefficient (Wildman–Crippen LogP) is 3.66. The zero-order valence-electron chi connectivity index (χ0n) is 25.9. The zero-order chi connectivity index (χ0) is 32.9. The minimum Gasteiger partial charge on any atom is -0.481 e. The van der Waals surface area contributed by atoms with Crippen LogP contribution in [0.4, 0.5) is 4.79 Å². The van der Waals surface area contributed by atoms with Crippen molar-refractivity contribution < 1.29 is 43.7 Å². The highest BCUT2D eigenvalue weighted by atomic mass is 16.6. The van der Waals surface area contributed by atoms with Crippen molar-refractivity contribution in [3.05, 3.63) is 65.2 Å². The Morgan fingerprint density at radius 3 is 2.14 bits per heavy atom. The van der Waals surface area contributed by atoms with Gasteiger partial charge in [0.05, 0.1) is 0 Å². The number of benzene rings is 2. The van der Waals surface area contributed by atoms with E-state index in [4.69, 9.17) is 14.6 Å². The number of nitrogens with one attached hydrogen (secondary N) is 2. The summed E-state index contributed by atoms with van der Waals surface area (Å²) in [6.45, 7) is 6.86. The number of nitrogens with zero attached hydrogens (tertiary/aromatic N) is 1. The van der Waals surface area contributed by atoms with Gasteiger partial charge in [0.2, 0.25) is 11.8 Å². The molecule has 0 saturated carbocycles. The molecule has 0 saturated heterocycles. The number of carboxylic acid groups (broad SMARTS) is 2. The highest BCUT2D eigenvalue weighted by molar-refractivity contribution is 5.93. The van der Waals surface area contributed by atoms with Gasteiger partial charge in [-0.25, -0.2) is 14.4 Å². The number of rotatable bonds is 16. The first-order valence-electron chi connectivity index (χ1n) is 14.5. The average molecular weight is 614 g/mol. The molecular weight excluding hydrogens is 570 g/mol. The maximum absolute atomic E-state index is 13.7. The van der Waals surface area contributed by atoms with Gasteiger partial charge in [-0.15, -0.1) is 0 Å². The van der Waals surface area contributed by atoms with Crippen LogP contribution in [0, 0.1) is 0 Å². The van der Waals surface area contributed by atoms with Crippen molar-refractivity contribution >= 4 is 29.8 Å². The number of likely N-dealkylation sites (N-methyl/N-ethyl adjacent to an activating group) is 1. The van der Waals surface area contributed by atoms with E-state index in [0.29, 0.717) is 12.1 Å². The molecule has 0 spiro atoms. The standard InChI is InChI=1S/C32H43N3O9/c1-6-7-11-16-35(5)29(39)25(19-22-14-15-26(43-20-27(36)37)23(17-22)30(40)41)33-28(38)24(18-21-12-9-8-10-13-21)34-31(42)44-32(2,3)4/h8-10,12-15,17,24-25H,6-7,11,16,18-20H2,1-5H3,(H,33,38)(H,34,42)(H,36,37)(H,40,41). The molecule has 2 atom stereocenters. The van der Waals surface area contributed by atoms with E-state index in [-0.39, 0.29) is 24.2 Å². The molecule has 0 fully saturated rings. The SMILES string of the molecule is CCCCCN(C)C(=O)C(Cc1ccc(OCC(=O)O)c(C(=O)O)c1)NC(=O)C(Cc1ccccc1)NC(=O)OC(C)(C)C. The van der Waals surface area contributed by atoms with Gasteiger partial charge in [-0.1, -0.05) is 56.2 Å². The molecule has 3 amide bonds. The van der Waals surface area contributed by atoms with Crippen LogP contribution in [0.25, 0.3) is 0 Å². The van der Waals surface area contributed by atoms with Crippen LogP contribution in [0.15, 0.2) is 48.5 Å². The van der Waals surface area contributed by atoms with E-state index < -0.39 is 54.1 Å². The fraction of sp³-hybridized carbons (Fsp3) is 0.469. The second-order valence-electron chi connectivity index (χ2n) is 11.4. The third kappa shape index (κ3) is 12.3. The van der Waals surface area contributed by atoms with Gasteiger partial charge in [0, 0.05) is 26.4 Å². The Labute approximate surface area is 257 Å². The van der Waals surface area contributed by atoms with E-state index in [0.717, 1.165) is 24.8 Å². The van der Waals surface area contributed by atoms with Gasteiger partial charge in [0.1, 0.15) is 29.0 Å². The van der Waals surface area contributed by atoms with Gasteiger partial charge in [-0.2, -0.15) is 0 Å². The number of carbonyl (C=O) groups excluding carboxylic acids is 3. The highest BCUT2D eigenvalue weighted by Crippen LogP contribution is 2.22. The van der Waals surface area contributed by atoms with Gasteiger partial charge < -0.3 is 35.2 Å². The molecular formula is C32H43N3O9. The Morgan fingerprint density at radius 2 is 1.55 bits per heavy atom. The van der Waals surface area contributed by atoms with E-state index in [1.54, 1.807) is 40.0 Å². The minimum absolute atomic E-state index is 0.0767. The van der Waals surface area contributed by atoms with Crippen molar-refractivity contribution in [2.75, 3.05) is 20.2 Å². The Morgan fingerprint density at radius 1 is 0.886 bits per heavy atom. The highest BCUT2D eigenvalue weighted by Gasteiger charge is 2.30. The van der Waals surface area contributed by atoms with Gasteiger partial charge in [-0.05, 0) is 50.5 Å². The van der Waals surface area contributed by atoms with E-state index in [9.17, 15) is 29.1 Å². The van der Waals surface area contributed by atoms with Gasteiger partial charge in [-0.3, -0.25) is 9.59 Å². The van der Waals surface area contributed by atoms with E-state index >= 15 is 0 Å². The second-order valence-corrected chi connectivity index (χ2v) is 11.4. The molecule has 0 aliphatic rings. The molecule has 12 nitrogen and oxygen atoms in total. The molecule has 12 heteroatoms. The monoisotopic (exact) mass is 613 g/mol. The Hall–Kier alpha value is -4.61. The molecule has 240 valence electrons. The summed E-state index contributed by atoms with van der Waals surface area (Å²) in [5, 5.41) is 24.0. The normalized spacial score (nSPS) is 12.4. The molecule has 0 aromatic heterocycles. The van der Waals surface area contributed by atoms with E-state index in [2.05, 4.69) is 10.6 Å². The maximum Gasteiger partial charge on any atom is 0.408 e. The molecule has 4 N–H and O–H groups in total. The van der Waals surface area contributed by atoms with Crippen LogP contribution in [-0.4, -0.2) is 82.8 Å². The quantitative estimate of drug-likeness (QED) is 0.206. The summed E-state index contributed by atoms with van der Waals surface area (Å²) < 4.78 is 10.5. The molecule has 0 aliphatic carbocycles. The molecule has 44 heavy (non-hydrogen) atoms. The lowest BCUT2D eigenvalue weighted by Crippen LogP contribution is -2.55. The smallest absolute Gasteiger partial charge is 0.408 e. The Bertz CT molecular complexity index is 1290. The lowest BCUT2D eigenvalue weighted by Gasteiger charge is -2.28. The lowest BCUT2D eigenvalue weighted by atomic mass is 10.00. The van der Waals surface area contributed by atoms with E-state index in [1.807, 2.05) is 25.1 Å². The second kappa shape index (κ2) is 16.9. The summed E-state index contributed by atoms with van der Waals surface area (Å²) in [7, 11) is 1.63. The number of carbonyl (C=O) groups is 5. The first-order valence-corrected chi connectivity index (χ1v) is 14.5. The third-order valence-corrected chi connectivity index (χ3v) is 6.44. The average Bonchev–Trinajstić information content (AvgIpc) is 2.94. The zero-order valence-corrected chi connectivity index (χ0v) is 25.9. The fourth-order valence-electron chi connectivity index (χ4n) is 4.33. The largest absolute Gasteiger partial charge is 0.481 e. The van der Waals surface area contributed by atoms with Crippen molar-refractivity contribution in [3.63, 3.8) is 0 Å². The summed E-state index contributed by atoms with van der Waals surface area (Å²) >= 11 is 0. The first-order chi connectivity index (χ1) is 20.7. The summed E-state index contributed by atoms with van der Waals surface area (Å²) in [4.78, 5) is 64.3. The molecule has 0 heterocycles. The Balaban J connectivity index is 2.39. The number of aliphatic carboxylic acids is 1. The van der Waals surface area contributed by atoms with Gasteiger partial charge in [0.25, 0.3) is 0 Å². The molecule has 2 unspecified atom stereocenters. The molecule has 0 aliphatic heterocycles. The fourth-order valence-corrected chi connectivity index (χ4v) is 4.33. The number of hydrogen-bond donors (Lipinski definition) is 4. The van der Waals surface area contributed by atoms with Crippen molar-refractivity contribution in [2.45, 2.75) is 77.5 Å². The number of unbranched alkanes of at least 4 members (excludes halogenated alkanes) is 2. The van der Waals surface area contributed by atoms with Crippen LogP contribution in [0.2, 0.25) is 0 Å². The van der Waals surface area contributed by atoms with Crippen LogP contribution in [0.5, 0.6) is 5.75 Å². The predicted molar refractivity (Wildman–Crippen MR) is 163 cm³/mol. The van der Waals surface area contributed by atoms with E-state index in [1.165, 1.54) is 23.1 Å². The number of hydrogen-bond acceptors (Lipinski definition) is 7. The molecule has 0 bridgehead atoms. The molecule has 2 aromatic rings. The van der Waals surface area contributed by atoms with Crippen LogP contribution in [0.1, 0.15) is 68.4 Å². The van der Waals surface area contributed by atoms with Crippen LogP contribution >= 0.6 is 0 Å². The van der Waals surface area contributed by atoms with Crippen LogP contribution in [-0.2, 0) is 32.0 Å². The summed E-state index contributed by atoms with van der Waals surface area (Å²) in [5.74, 6) is -3.78. The summed E-state index contributed by atoms with van der Waals surface area (Å²) in [6.07, 6.45) is 1.87. The first kappa shape index (κ1) is 35.6. The lowest BCUT2D eigenvalue weighted by molar-refractivity contribution is -0.139. The summed E-state index contributed by atoms with van der Waals surface area (Å²) in [5.41, 5.74) is 0.0718. The van der Waals surface area contributed by atoms with Crippen molar-refractivity contribution in [1.29, 1.82) is 0 Å². The van der Waals surface area contributed by atoms with Crippen molar-refractivity contribution in [3.8, 4) is 5.75 Å². The number of aromatic carboxylic acids is 1. The third-order valence-electron chi connectivity index (χ3n) is 6.44.